The molecule has 0 spiro atoms. The zero-order chi connectivity index (χ0) is 8.60. The van der Waals surface area contributed by atoms with E-state index in [9.17, 15) is 5.11 Å². The summed E-state index contributed by atoms with van der Waals surface area (Å²) in [5, 5.41) is 9.80. The molecule has 0 saturated carbocycles. The van der Waals surface area contributed by atoms with E-state index in [4.69, 9.17) is 4.74 Å². The molecule has 1 N–H and O–H groups in total. The first-order valence-corrected chi connectivity index (χ1v) is 4.72. The summed E-state index contributed by atoms with van der Waals surface area (Å²) in [5.74, 6) is 0. The van der Waals surface area contributed by atoms with Crippen molar-refractivity contribution in [3.63, 3.8) is 0 Å². The minimum absolute atomic E-state index is 0.457. The van der Waals surface area contributed by atoms with Crippen LogP contribution in [0, 0.1) is 0 Å². The third-order valence-electron chi connectivity index (χ3n) is 2.62. The summed E-state index contributed by atoms with van der Waals surface area (Å²) in [7, 11) is 0. The number of β-amino-alcohol motifs (C(OH)–C–C–N with tert-alkyl or cyclic N) is 1. The van der Waals surface area contributed by atoms with Gasteiger partial charge >= 0.3 is 0 Å². The molecule has 0 aromatic rings. The maximum absolute atomic E-state index is 9.80. The van der Waals surface area contributed by atoms with Crippen LogP contribution in [0.3, 0.4) is 0 Å². The molecule has 0 bridgehead atoms. The molecule has 3 nitrogen and oxygen atoms in total. The third-order valence-corrected chi connectivity index (χ3v) is 2.62. The van der Waals surface area contributed by atoms with Crippen molar-refractivity contribution in [2.45, 2.75) is 31.5 Å². The van der Waals surface area contributed by atoms with Gasteiger partial charge in [0.05, 0.1) is 18.3 Å². The lowest BCUT2D eigenvalue weighted by Gasteiger charge is -2.36. The van der Waals surface area contributed by atoms with Gasteiger partial charge in [-0.2, -0.15) is 0 Å². The van der Waals surface area contributed by atoms with Gasteiger partial charge in [-0.3, -0.25) is 4.90 Å². The van der Waals surface area contributed by atoms with Crippen LogP contribution in [0.25, 0.3) is 0 Å². The van der Waals surface area contributed by atoms with Gasteiger partial charge in [-0.1, -0.05) is 0 Å². The van der Waals surface area contributed by atoms with Crippen LogP contribution >= 0.6 is 0 Å². The molecular formula is C9H17NO2. The summed E-state index contributed by atoms with van der Waals surface area (Å²) in [6.45, 7) is 5.78. The van der Waals surface area contributed by atoms with E-state index >= 15 is 0 Å². The number of piperidine rings is 1. The second-order valence-electron chi connectivity index (χ2n) is 4.29. The highest BCUT2D eigenvalue weighted by molar-refractivity contribution is 4.85. The summed E-state index contributed by atoms with van der Waals surface area (Å²) in [6.07, 6.45) is 2.51. The summed E-state index contributed by atoms with van der Waals surface area (Å²) < 4.78 is 5.16. The Bertz CT molecular complexity index is 166. The van der Waals surface area contributed by atoms with Gasteiger partial charge in [0.15, 0.2) is 0 Å². The van der Waals surface area contributed by atoms with E-state index in [-0.39, 0.29) is 0 Å². The molecule has 0 aromatic heterocycles. The lowest BCUT2D eigenvalue weighted by atomic mass is 9.95. The van der Waals surface area contributed by atoms with Crippen molar-refractivity contribution in [3.8, 4) is 0 Å². The van der Waals surface area contributed by atoms with Gasteiger partial charge in [0, 0.05) is 13.1 Å². The van der Waals surface area contributed by atoms with E-state index in [1.807, 2.05) is 6.92 Å². The van der Waals surface area contributed by atoms with Gasteiger partial charge < -0.3 is 9.84 Å². The molecule has 2 heterocycles. The second-order valence-corrected chi connectivity index (χ2v) is 4.29. The fourth-order valence-corrected chi connectivity index (χ4v) is 1.94. The summed E-state index contributed by atoms with van der Waals surface area (Å²) in [6, 6.07) is 0. The Hall–Kier alpha value is -0.120. The summed E-state index contributed by atoms with van der Waals surface area (Å²) in [4.78, 5) is 2.31. The van der Waals surface area contributed by atoms with Crippen LogP contribution in [-0.4, -0.2) is 48.0 Å². The van der Waals surface area contributed by atoms with E-state index in [1.54, 1.807) is 0 Å². The maximum Gasteiger partial charge on any atom is 0.0936 e. The number of nitrogens with zero attached hydrogens (tertiary/aromatic N) is 1. The van der Waals surface area contributed by atoms with E-state index in [0.29, 0.717) is 6.10 Å². The quantitative estimate of drug-likeness (QED) is 0.604. The first-order chi connectivity index (χ1) is 5.66. The minimum Gasteiger partial charge on any atom is -0.389 e. The Morgan fingerprint density at radius 1 is 1.67 bits per heavy atom. The van der Waals surface area contributed by atoms with E-state index in [2.05, 4.69) is 4.90 Å². The number of hydrogen-bond acceptors (Lipinski definition) is 3. The first-order valence-electron chi connectivity index (χ1n) is 4.72. The Balaban J connectivity index is 1.81. The standard InChI is InChI=1S/C9H17NO2/c1-9(11)3-2-4-10(7-9)5-8-6-12-8/h8,11H,2-7H2,1H3/t8-,9?/m1/s1. The third kappa shape index (κ3) is 2.19. The lowest BCUT2D eigenvalue weighted by Crippen LogP contribution is -2.47. The fraction of sp³-hybridized carbons (Fsp3) is 1.00. The molecule has 2 rings (SSSR count). The number of aliphatic hydroxyl groups is 1. The SMILES string of the molecule is CC1(O)CCCN(C[C@@H]2CO2)C1. The van der Waals surface area contributed by atoms with Crippen molar-refractivity contribution < 1.29 is 9.84 Å². The molecule has 2 aliphatic rings. The minimum atomic E-state index is -0.465. The van der Waals surface area contributed by atoms with Crippen molar-refractivity contribution >= 4 is 0 Å². The predicted molar refractivity (Wildman–Crippen MR) is 46.0 cm³/mol. The molecule has 70 valence electrons. The predicted octanol–water partition coefficient (Wildman–Crippen LogP) is 0.232. The van der Waals surface area contributed by atoms with Gasteiger partial charge in [-0.05, 0) is 26.3 Å². The van der Waals surface area contributed by atoms with Gasteiger partial charge in [-0.25, -0.2) is 0 Å². The summed E-state index contributed by atoms with van der Waals surface area (Å²) in [5.41, 5.74) is -0.465. The Morgan fingerprint density at radius 3 is 3.00 bits per heavy atom. The molecule has 0 aliphatic carbocycles. The van der Waals surface area contributed by atoms with Crippen molar-refractivity contribution in [2.75, 3.05) is 26.2 Å². The van der Waals surface area contributed by atoms with Crippen LogP contribution in [0.1, 0.15) is 19.8 Å². The van der Waals surface area contributed by atoms with Gasteiger partial charge in [0.25, 0.3) is 0 Å². The second kappa shape index (κ2) is 2.98. The van der Waals surface area contributed by atoms with Gasteiger partial charge in [-0.15, -0.1) is 0 Å². The smallest absolute Gasteiger partial charge is 0.0936 e. The normalized spacial score (nSPS) is 43.0. The first kappa shape index (κ1) is 8.48. The van der Waals surface area contributed by atoms with Crippen LogP contribution < -0.4 is 0 Å². The molecule has 12 heavy (non-hydrogen) atoms. The van der Waals surface area contributed by atoms with Crippen LogP contribution in [0.2, 0.25) is 0 Å². The molecule has 1 unspecified atom stereocenters. The number of epoxide rings is 1. The maximum atomic E-state index is 9.80. The zero-order valence-corrected chi connectivity index (χ0v) is 7.62. The summed E-state index contributed by atoms with van der Waals surface area (Å²) >= 11 is 0. The molecule has 2 atom stereocenters. The average molecular weight is 171 g/mol. The van der Waals surface area contributed by atoms with Crippen LogP contribution in [0.5, 0.6) is 0 Å². The fourth-order valence-electron chi connectivity index (χ4n) is 1.94. The van der Waals surface area contributed by atoms with Crippen LogP contribution in [0.15, 0.2) is 0 Å². The van der Waals surface area contributed by atoms with Crippen molar-refractivity contribution in [3.05, 3.63) is 0 Å². The van der Waals surface area contributed by atoms with Crippen LogP contribution in [-0.2, 0) is 4.74 Å². The number of ether oxygens (including phenoxy) is 1. The molecule has 3 heteroatoms. The molecule has 2 aliphatic heterocycles. The van der Waals surface area contributed by atoms with Gasteiger partial charge in [0.1, 0.15) is 0 Å². The van der Waals surface area contributed by atoms with Crippen molar-refractivity contribution in [2.24, 2.45) is 0 Å². The highest BCUT2D eigenvalue weighted by atomic mass is 16.6. The molecule has 0 amide bonds. The topological polar surface area (TPSA) is 36.0 Å². The number of hydrogen-bond donors (Lipinski definition) is 1. The molecule has 0 aromatic carbocycles. The molecule has 2 saturated heterocycles. The van der Waals surface area contributed by atoms with Crippen molar-refractivity contribution in [1.82, 2.24) is 4.90 Å². The Labute approximate surface area is 73.3 Å². The molecule has 0 radical (unpaired) electrons. The Kier molecular flexibility index (Phi) is 2.10. The van der Waals surface area contributed by atoms with Gasteiger partial charge in [0.2, 0.25) is 0 Å². The Morgan fingerprint density at radius 2 is 2.42 bits per heavy atom. The zero-order valence-electron chi connectivity index (χ0n) is 7.62. The van der Waals surface area contributed by atoms with E-state index < -0.39 is 5.60 Å². The number of rotatable bonds is 2. The molecular weight excluding hydrogens is 154 g/mol. The lowest BCUT2D eigenvalue weighted by molar-refractivity contribution is -0.0170. The van der Waals surface area contributed by atoms with E-state index in [1.165, 1.54) is 0 Å². The highest BCUT2D eigenvalue weighted by Gasteiger charge is 2.32. The highest BCUT2D eigenvalue weighted by Crippen LogP contribution is 2.22. The van der Waals surface area contributed by atoms with Crippen molar-refractivity contribution in [1.29, 1.82) is 0 Å². The monoisotopic (exact) mass is 171 g/mol. The largest absolute Gasteiger partial charge is 0.389 e. The average Bonchev–Trinajstić information content (AvgIpc) is 2.69. The van der Waals surface area contributed by atoms with Crippen LogP contribution in [0.4, 0.5) is 0 Å². The molecule has 2 fully saturated rings. The number of likely N-dealkylation sites (tertiary alicyclic amines) is 1. The van der Waals surface area contributed by atoms with E-state index in [0.717, 1.165) is 39.1 Å².